The summed E-state index contributed by atoms with van der Waals surface area (Å²) >= 11 is 1.40. The molecule has 0 radical (unpaired) electrons. The highest BCUT2D eigenvalue weighted by Crippen LogP contribution is 2.24. The SMILES string of the molecule is CNCCn1nnnc1SCc1ccc(OC)cc1F. The Hall–Kier alpha value is -1.67. The van der Waals surface area contributed by atoms with Gasteiger partial charge >= 0.3 is 0 Å². The number of thioether (sulfide) groups is 1. The second-order valence-electron chi connectivity index (χ2n) is 4.03. The minimum absolute atomic E-state index is 0.286. The number of methoxy groups -OCH3 is 1. The highest BCUT2D eigenvalue weighted by Gasteiger charge is 2.09. The minimum Gasteiger partial charge on any atom is -0.497 e. The Morgan fingerprint density at radius 3 is 3.00 bits per heavy atom. The summed E-state index contributed by atoms with van der Waals surface area (Å²) in [6.07, 6.45) is 0. The van der Waals surface area contributed by atoms with Crippen molar-refractivity contribution in [1.82, 2.24) is 25.5 Å². The maximum Gasteiger partial charge on any atom is 0.209 e. The normalized spacial score (nSPS) is 10.8. The largest absolute Gasteiger partial charge is 0.497 e. The van der Waals surface area contributed by atoms with Gasteiger partial charge in [-0.15, -0.1) is 5.10 Å². The summed E-state index contributed by atoms with van der Waals surface area (Å²) in [7, 11) is 3.38. The van der Waals surface area contributed by atoms with Gasteiger partial charge in [-0.3, -0.25) is 0 Å². The summed E-state index contributed by atoms with van der Waals surface area (Å²) in [5, 5.41) is 15.2. The summed E-state index contributed by atoms with van der Waals surface area (Å²) in [6, 6.07) is 4.83. The number of halogens is 1. The zero-order valence-corrected chi connectivity index (χ0v) is 12.2. The first-order chi connectivity index (χ1) is 9.74. The fourth-order valence-corrected chi connectivity index (χ4v) is 2.46. The van der Waals surface area contributed by atoms with Crippen LogP contribution in [0.2, 0.25) is 0 Å². The molecule has 0 unspecified atom stereocenters. The number of ether oxygens (including phenoxy) is 1. The van der Waals surface area contributed by atoms with E-state index in [1.165, 1.54) is 24.9 Å². The van der Waals surface area contributed by atoms with Crippen LogP contribution in [0.4, 0.5) is 4.39 Å². The lowest BCUT2D eigenvalue weighted by molar-refractivity contribution is 0.411. The number of hydrogen-bond donors (Lipinski definition) is 1. The predicted octanol–water partition coefficient (Wildman–Crippen LogP) is 1.33. The van der Waals surface area contributed by atoms with Gasteiger partial charge < -0.3 is 10.1 Å². The third-order valence-electron chi connectivity index (χ3n) is 2.69. The second-order valence-corrected chi connectivity index (χ2v) is 4.98. The maximum atomic E-state index is 13.8. The van der Waals surface area contributed by atoms with Crippen LogP contribution < -0.4 is 10.1 Å². The van der Waals surface area contributed by atoms with Crippen molar-refractivity contribution in [3.63, 3.8) is 0 Å². The number of nitrogens with zero attached hydrogens (tertiary/aromatic N) is 4. The van der Waals surface area contributed by atoms with Crippen molar-refractivity contribution in [1.29, 1.82) is 0 Å². The van der Waals surface area contributed by atoms with E-state index in [1.54, 1.807) is 16.8 Å². The average Bonchev–Trinajstić information content (AvgIpc) is 2.91. The van der Waals surface area contributed by atoms with Gasteiger partial charge in [0, 0.05) is 18.4 Å². The minimum atomic E-state index is -0.286. The summed E-state index contributed by atoms with van der Waals surface area (Å²) < 4.78 is 20.5. The quantitative estimate of drug-likeness (QED) is 0.778. The van der Waals surface area contributed by atoms with Crippen LogP contribution in [0.25, 0.3) is 0 Å². The molecule has 1 aromatic heterocycles. The number of benzene rings is 1. The van der Waals surface area contributed by atoms with E-state index >= 15 is 0 Å². The average molecular weight is 297 g/mol. The van der Waals surface area contributed by atoms with Crippen LogP contribution in [0, 0.1) is 5.82 Å². The van der Waals surface area contributed by atoms with Gasteiger partial charge in [-0.25, -0.2) is 9.07 Å². The fraction of sp³-hybridized carbons (Fsp3) is 0.417. The molecule has 0 saturated carbocycles. The standard InChI is InChI=1S/C12H16FN5OS/c1-14-5-6-18-12(15-16-17-18)20-8-9-3-4-10(19-2)7-11(9)13/h3-4,7,14H,5-6,8H2,1-2H3. The zero-order valence-electron chi connectivity index (χ0n) is 11.3. The Morgan fingerprint density at radius 2 is 2.30 bits per heavy atom. The van der Waals surface area contributed by atoms with E-state index in [0.29, 0.717) is 28.8 Å². The topological polar surface area (TPSA) is 64.9 Å². The lowest BCUT2D eigenvalue weighted by atomic mass is 10.2. The molecular weight excluding hydrogens is 281 g/mol. The smallest absolute Gasteiger partial charge is 0.209 e. The van der Waals surface area contributed by atoms with Gasteiger partial charge in [-0.1, -0.05) is 17.8 Å². The Kier molecular flexibility index (Phi) is 5.31. The van der Waals surface area contributed by atoms with Gasteiger partial charge in [0.1, 0.15) is 11.6 Å². The number of nitrogens with one attached hydrogen (secondary N) is 1. The molecule has 1 aromatic carbocycles. The van der Waals surface area contributed by atoms with Crippen molar-refractivity contribution in [3.8, 4) is 5.75 Å². The van der Waals surface area contributed by atoms with Crippen LogP contribution in [-0.2, 0) is 12.3 Å². The summed E-state index contributed by atoms with van der Waals surface area (Å²) in [6.45, 7) is 1.45. The van der Waals surface area contributed by atoms with Crippen molar-refractivity contribution in [3.05, 3.63) is 29.6 Å². The number of hydrogen-bond acceptors (Lipinski definition) is 6. The van der Waals surface area contributed by atoms with Crippen LogP contribution in [0.3, 0.4) is 0 Å². The molecule has 1 heterocycles. The first-order valence-corrected chi connectivity index (χ1v) is 7.09. The molecule has 108 valence electrons. The van der Waals surface area contributed by atoms with Crippen molar-refractivity contribution in [2.24, 2.45) is 0 Å². The van der Waals surface area contributed by atoms with Gasteiger partial charge in [0.2, 0.25) is 5.16 Å². The molecule has 0 spiro atoms. The predicted molar refractivity (Wildman–Crippen MR) is 74.3 cm³/mol. The number of likely N-dealkylation sites (N-methyl/N-ethyl adjacent to an activating group) is 1. The highest BCUT2D eigenvalue weighted by molar-refractivity contribution is 7.98. The Morgan fingerprint density at radius 1 is 1.45 bits per heavy atom. The molecule has 1 N–H and O–H groups in total. The third kappa shape index (κ3) is 3.67. The second kappa shape index (κ2) is 7.20. The number of tetrazole rings is 1. The van der Waals surface area contributed by atoms with Crippen molar-refractivity contribution in [2.75, 3.05) is 20.7 Å². The summed E-state index contributed by atoms with van der Waals surface area (Å²) in [5.74, 6) is 0.691. The molecule has 0 fully saturated rings. The lowest BCUT2D eigenvalue weighted by Gasteiger charge is -2.06. The first-order valence-electron chi connectivity index (χ1n) is 6.10. The van der Waals surface area contributed by atoms with Gasteiger partial charge in [-0.2, -0.15) is 0 Å². The molecule has 0 saturated heterocycles. The summed E-state index contributed by atoms with van der Waals surface area (Å²) in [5.41, 5.74) is 0.596. The van der Waals surface area contributed by atoms with Crippen molar-refractivity contribution in [2.45, 2.75) is 17.5 Å². The van der Waals surface area contributed by atoms with Crippen LogP contribution in [0.15, 0.2) is 23.4 Å². The molecule has 2 rings (SSSR count). The van der Waals surface area contributed by atoms with E-state index in [0.717, 1.165) is 6.54 Å². The fourth-order valence-electron chi connectivity index (χ4n) is 1.57. The Bertz CT molecular complexity index is 563. The van der Waals surface area contributed by atoms with Crippen LogP contribution in [-0.4, -0.2) is 40.9 Å². The van der Waals surface area contributed by atoms with Gasteiger partial charge in [-0.05, 0) is 29.1 Å². The molecule has 0 aliphatic heterocycles. The van der Waals surface area contributed by atoms with Crippen LogP contribution in [0.5, 0.6) is 5.75 Å². The molecule has 20 heavy (non-hydrogen) atoms. The van der Waals surface area contributed by atoms with E-state index in [4.69, 9.17) is 4.74 Å². The molecule has 0 aliphatic carbocycles. The molecule has 0 bridgehead atoms. The van der Waals surface area contributed by atoms with E-state index in [2.05, 4.69) is 20.8 Å². The first kappa shape index (κ1) is 14.7. The third-order valence-corrected chi connectivity index (χ3v) is 3.70. The van der Waals surface area contributed by atoms with Gasteiger partial charge in [0.05, 0.1) is 13.7 Å². The van der Waals surface area contributed by atoms with Gasteiger partial charge in [0.25, 0.3) is 0 Å². The zero-order chi connectivity index (χ0) is 14.4. The van der Waals surface area contributed by atoms with E-state index in [9.17, 15) is 4.39 Å². The summed E-state index contributed by atoms with van der Waals surface area (Å²) in [4.78, 5) is 0. The number of aromatic nitrogens is 4. The molecular formula is C12H16FN5OS. The molecule has 6 nitrogen and oxygen atoms in total. The Labute approximate surface area is 120 Å². The lowest BCUT2D eigenvalue weighted by Crippen LogP contribution is -2.16. The van der Waals surface area contributed by atoms with E-state index < -0.39 is 0 Å². The van der Waals surface area contributed by atoms with Crippen LogP contribution in [0.1, 0.15) is 5.56 Å². The van der Waals surface area contributed by atoms with Crippen molar-refractivity contribution >= 4 is 11.8 Å². The van der Waals surface area contributed by atoms with Crippen molar-refractivity contribution < 1.29 is 9.13 Å². The molecule has 0 atom stereocenters. The van der Waals surface area contributed by atoms with Crippen LogP contribution >= 0.6 is 11.8 Å². The van der Waals surface area contributed by atoms with Gasteiger partial charge in [0.15, 0.2) is 0 Å². The Balaban J connectivity index is 2.00. The van der Waals surface area contributed by atoms with E-state index in [-0.39, 0.29) is 5.82 Å². The molecule has 0 amide bonds. The maximum absolute atomic E-state index is 13.8. The molecule has 8 heteroatoms. The molecule has 2 aromatic rings. The van der Waals surface area contributed by atoms with E-state index in [1.807, 2.05) is 7.05 Å². The highest BCUT2D eigenvalue weighted by atomic mass is 32.2. The molecule has 0 aliphatic rings. The monoisotopic (exact) mass is 297 g/mol. The number of rotatable bonds is 7.